The van der Waals surface area contributed by atoms with Crippen LogP contribution in [0.2, 0.25) is 0 Å². The minimum atomic E-state index is -4.69. The summed E-state index contributed by atoms with van der Waals surface area (Å²) < 4.78 is 38.8. The molecule has 0 radical (unpaired) electrons. The van der Waals surface area contributed by atoms with Crippen molar-refractivity contribution in [2.75, 3.05) is 18.4 Å². The number of halogens is 3. The maximum atomic E-state index is 12.9. The van der Waals surface area contributed by atoms with Gasteiger partial charge in [-0.3, -0.25) is 19.3 Å². The number of urea groups is 1. The van der Waals surface area contributed by atoms with E-state index in [0.29, 0.717) is 9.80 Å². The van der Waals surface area contributed by atoms with Crippen LogP contribution < -0.4 is 5.32 Å². The molecule has 0 aromatic heterocycles. The van der Waals surface area contributed by atoms with Crippen molar-refractivity contribution in [1.82, 2.24) is 9.80 Å². The number of carbonyl (C=O) groups is 4. The number of carbonyl (C=O) groups excluding carboxylic acids is 4. The lowest BCUT2D eigenvalue weighted by Crippen LogP contribution is -2.39. The van der Waals surface area contributed by atoms with Crippen molar-refractivity contribution in [3.05, 3.63) is 29.8 Å². The van der Waals surface area contributed by atoms with E-state index >= 15 is 0 Å². The van der Waals surface area contributed by atoms with Crippen LogP contribution in [0.4, 0.5) is 23.7 Å². The zero-order valence-corrected chi connectivity index (χ0v) is 14.0. The summed E-state index contributed by atoms with van der Waals surface area (Å²) in [5, 5.41) is 2.02. The Hall–Kier alpha value is -2.91. The lowest BCUT2D eigenvalue weighted by molar-refractivity contribution is -0.143. The van der Waals surface area contributed by atoms with Gasteiger partial charge in [0.25, 0.3) is 0 Å². The van der Waals surface area contributed by atoms with E-state index in [1.807, 2.05) is 5.32 Å². The molecule has 7 nitrogen and oxygen atoms in total. The van der Waals surface area contributed by atoms with Crippen LogP contribution >= 0.6 is 0 Å². The van der Waals surface area contributed by atoms with Crippen LogP contribution in [0.1, 0.15) is 19.4 Å². The van der Waals surface area contributed by atoms with E-state index in [0.717, 1.165) is 18.2 Å². The summed E-state index contributed by atoms with van der Waals surface area (Å²) in [6, 6.07) is 3.33. The molecule has 1 aromatic carbocycles. The second-order valence-electron chi connectivity index (χ2n) is 6.07. The van der Waals surface area contributed by atoms with Gasteiger partial charge in [-0.05, 0) is 18.1 Å². The molecule has 0 aliphatic carbocycles. The highest BCUT2D eigenvalue weighted by atomic mass is 19.4. The quantitative estimate of drug-likeness (QED) is 0.634. The molecule has 1 heterocycles. The molecule has 1 aromatic rings. The molecule has 0 bridgehead atoms. The Kier molecular flexibility index (Phi) is 5.33. The molecule has 1 aliphatic rings. The number of imide groups is 2. The summed E-state index contributed by atoms with van der Waals surface area (Å²) in [5.74, 6) is -3.37. The van der Waals surface area contributed by atoms with E-state index < -0.39 is 47.7 Å². The maximum absolute atomic E-state index is 12.9. The summed E-state index contributed by atoms with van der Waals surface area (Å²) in [5.41, 5.74) is -1.57. The third-order valence-electron chi connectivity index (χ3n) is 3.49. The van der Waals surface area contributed by atoms with Crippen molar-refractivity contribution in [3.8, 4) is 0 Å². The van der Waals surface area contributed by atoms with Gasteiger partial charge in [-0.2, -0.15) is 13.2 Å². The molecule has 140 valence electrons. The number of para-hydroxylation sites is 1. The smallest absolute Gasteiger partial charge is 0.324 e. The highest BCUT2D eigenvalue weighted by molar-refractivity contribution is 6.45. The molecule has 1 N–H and O–H groups in total. The average Bonchev–Trinajstić information content (AvgIpc) is 2.72. The van der Waals surface area contributed by atoms with E-state index in [-0.39, 0.29) is 12.5 Å². The number of anilines is 1. The normalized spacial score (nSPS) is 15.2. The van der Waals surface area contributed by atoms with Gasteiger partial charge in [0.15, 0.2) is 0 Å². The lowest BCUT2D eigenvalue weighted by Gasteiger charge is -2.17. The molecule has 0 unspecified atom stereocenters. The number of rotatable bonds is 5. The summed E-state index contributed by atoms with van der Waals surface area (Å²) >= 11 is 0. The minimum absolute atomic E-state index is 0.00155. The Bertz CT molecular complexity index is 761. The van der Waals surface area contributed by atoms with Crippen molar-refractivity contribution in [1.29, 1.82) is 0 Å². The van der Waals surface area contributed by atoms with Gasteiger partial charge < -0.3 is 5.32 Å². The van der Waals surface area contributed by atoms with Gasteiger partial charge >= 0.3 is 24.0 Å². The topological polar surface area (TPSA) is 86.8 Å². The van der Waals surface area contributed by atoms with Crippen LogP contribution in [0, 0.1) is 5.92 Å². The number of hydrogen-bond acceptors (Lipinski definition) is 4. The number of amides is 5. The second-order valence-corrected chi connectivity index (χ2v) is 6.07. The summed E-state index contributed by atoms with van der Waals surface area (Å²) in [7, 11) is 0. The monoisotopic (exact) mass is 371 g/mol. The fourth-order valence-electron chi connectivity index (χ4n) is 2.39. The second kappa shape index (κ2) is 7.14. The van der Waals surface area contributed by atoms with Gasteiger partial charge in [-0.25, -0.2) is 9.69 Å². The summed E-state index contributed by atoms with van der Waals surface area (Å²) in [6.45, 7) is 2.60. The van der Waals surface area contributed by atoms with E-state index in [1.165, 1.54) is 6.07 Å². The van der Waals surface area contributed by atoms with Gasteiger partial charge in [0.2, 0.25) is 5.91 Å². The van der Waals surface area contributed by atoms with Crippen LogP contribution in [0.15, 0.2) is 24.3 Å². The van der Waals surface area contributed by atoms with E-state index in [1.54, 1.807) is 13.8 Å². The Morgan fingerprint density at radius 1 is 1.08 bits per heavy atom. The lowest BCUT2D eigenvalue weighted by atomic mass is 10.1. The highest BCUT2D eigenvalue weighted by Gasteiger charge is 2.45. The van der Waals surface area contributed by atoms with Crippen LogP contribution in [0.3, 0.4) is 0 Å². The molecule has 0 saturated carbocycles. The largest absolute Gasteiger partial charge is 0.418 e. The first-order chi connectivity index (χ1) is 12.0. The first-order valence-corrected chi connectivity index (χ1v) is 7.65. The van der Waals surface area contributed by atoms with Crippen molar-refractivity contribution < 1.29 is 32.3 Å². The van der Waals surface area contributed by atoms with Crippen molar-refractivity contribution >= 4 is 29.4 Å². The first kappa shape index (κ1) is 19.4. The predicted molar refractivity (Wildman–Crippen MR) is 83.7 cm³/mol. The molecule has 1 aliphatic heterocycles. The molecule has 1 fully saturated rings. The fourth-order valence-corrected chi connectivity index (χ4v) is 2.39. The maximum Gasteiger partial charge on any atom is 0.418 e. The third-order valence-corrected chi connectivity index (χ3v) is 3.49. The molecule has 2 rings (SSSR count). The number of alkyl halides is 3. The molecule has 0 spiro atoms. The minimum Gasteiger partial charge on any atom is -0.324 e. The number of nitrogens with zero attached hydrogens (tertiary/aromatic N) is 2. The number of nitrogens with one attached hydrogen (secondary N) is 1. The van der Waals surface area contributed by atoms with Crippen LogP contribution in [0.5, 0.6) is 0 Å². The molecular formula is C16H16F3N3O4. The Labute approximate surface area is 146 Å². The van der Waals surface area contributed by atoms with Crippen molar-refractivity contribution in [2.45, 2.75) is 20.0 Å². The van der Waals surface area contributed by atoms with E-state index in [4.69, 9.17) is 0 Å². The van der Waals surface area contributed by atoms with Gasteiger partial charge in [0.05, 0.1) is 11.3 Å². The highest BCUT2D eigenvalue weighted by Crippen LogP contribution is 2.34. The van der Waals surface area contributed by atoms with Gasteiger partial charge in [-0.15, -0.1) is 0 Å². The molecule has 1 saturated heterocycles. The standard InChI is InChI=1S/C16H16F3N3O4/c1-9(2)7-21-13(24)14(25)22(15(21)26)8-12(23)20-11-6-4-3-5-10(11)16(17,18)19/h3-6,9H,7-8H2,1-2H3,(H,20,23). The molecular weight excluding hydrogens is 355 g/mol. The van der Waals surface area contributed by atoms with Crippen molar-refractivity contribution in [2.24, 2.45) is 5.92 Å². The van der Waals surface area contributed by atoms with Gasteiger partial charge in [0, 0.05) is 6.54 Å². The zero-order chi connectivity index (χ0) is 19.6. The Balaban J connectivity index is 2.13. The third kappa shape index (κ3) is 4.01. The van der Waals surface area contributed by atoms with Crippen LogP contribution in [-0.2, 0) is 20.6 Å². The van der Waals surface area contributed by atoms with Crippen LogP contribution in [-0.4, -0.2) is 46.6 Å². The van der Waals surface area contributed by atoms with E-state index in [9.17, 15) is 32.3 Å². The predicted octanol–water partition coefficient (Wildman–Crippen LogP) is 2.09. The average molecular weight is 371 g/mol. The molecule has 5 amide bonds. The van der Waals surface area contributed by atoms with E-state index in [2.05, 4.69) is 0 Å². The molecule has 26 heavy (non-hydrogen) atoms. The van der Waals surface area contributed by atoms with Crippen molar-refractivity contribution in [3.63, 3.8) is 0 Å². The first-order valence-electron chi connectivity index (χ1n) is 7.65. The SMILES string of the molecule is CC(C)CN1C(=O)C(=O)N(CC(=O)Nc2ccccc2C(F)(F)F)C1=O. The summed E-state index contributed by atoms with van der Waals surface area (Å²) in [4.78, 5) is 49.0. The van der Waals surface area contributed by atoms with Gasteiger partial charge in [0.1, 0.15) is 6.54 Å². The Morgan fingerprint density at radius 3 is 2.23 bits per heavy atom. The summed E-state index contributed by atoms with van der Waals surface area (Å²) in [6.07, 6.45) is -4.69. The van der Waals surface area contributed by atoms with Gasteiger partial charge in [-0.1, -0.05) is 26.0 Å². The van der Waals surface area contributed by atoms with Crippen LogP contribution in [0.25, 0.3) is 0 Å². The molecule has 10 heteroatoms. The molecule has 0 atom stereocenters. The number of benzene rings is 1. The zero-order valence-electron chi connectivity index (χ0n) is 14.0. The Morgan fingerprint density at radius 2 is 1.65 bits per heavy atom. The fraction of sp³-hybridized carbons (Fsp3) is 0.375. The number of hydrogen-bond donors (Lipinski definition) is 1.